The van der Waals surface area contributed by atoms with Gasteiger partial charge < -0.3 is 9.64 Å². The highest BCUT2D eigenvalue weighted by atomic mass is 16.5. The van der Waals surface area contributed by atoms with Crippen LogP contribution in [0.25, 0.3) is 0 Å². The van der Waals surface area contributed by atoms with E-state index in [2.05, 4.69) is 18.9 Å². The van der Waals surface area contributed by atoms with Crippen molar-refractivity contribution in [1.29, 1.82) is 0 Å². The van der Waals surface area contributed by atoms with Gasteiger partial charge in [0.1, 0.15) is 11.3 Å². The van der Waals surface area contributed by atoms with Crippen molar-refractivity contribution in [3.05, 3.63) is 18.0 Å². The molecule has 3 fully saturated rings. The van der Waals surface area contributed by atoms with Crippen LogP contribution in [-0.4, -0.2) is 45.4 Å². The van der Waals surface area contributed by atoms with Gasteiger partial charge in [0.15, 0.2) is 0 Å². The molecule has 1 aromatic rings. The number of hydrogen-bond donors (Lipinski definition) is 0. The van der Waals surface area contributed by atoms with Crippen LogP contribution in [0.4, 0.5) is 0 Å². The Bertz CT molecular complexity index is 556. The molecule has 3 heterocycles. The Labute approximate surface area is 125 Å². The average Bonchev–Trinajstić information content (AvgIpc) is 2.99. The Morgan fingerprint density at radius 1 is 1.48 bits per heavy atom. The molecular weight excluding hydrogens is 266 g/mol. The van der Waals surface area contributed by atoms with Crippen molar-refractivity contribution in [2.24, 2.45) is 5.92 Å². The predicted molar refractivity (Wildman–Crippen MR) is 78.1 cm³/mol. The molecule has 0 bridgehead atoms. The molecule has 0 unspecified atom stereocenters. The molecule has 1 saturated carbocycles. The maximum absolute atomic E-state index is 12.7. The Balaban J connectivity index is 1.54. The van der Waals surface area contributed by atoms with E-state index in [4.69, 9.17) is 4.74 Å². The maximum atomic E-state index is 12.7. The number of carbonyl (C=O) groups excluding carboxylic acids is 1. The predicted octanol–water partition coefficient (Wildman–Crippen LogP) is 2.25. The third-order valence-electron chi connectivity index (χ3n) is 5.13. The molecule has 1 spiro atoms. The van der Waals surface area contributed by atoms with Crippen molar-refractivity contribution >= 4 is 5.91 Å². The molecule has 1 aromatic heterocycles. The van der Waals surface area contributed by atoms with Gasteiger partial charge in [-0.2, -0.15) is 5.10 Å². The Hall–Kier alpha value is -1.36. The molecule has 1 amide bonds. The van der Waals surface area contributed by atoms with Crippen molar-refractivity contribution < 1.29 is 9.53 Å². The molecule has 3 aliphatic rings. The molecule has 2 atom stereocenters. The minimum Gasteiger partial charge on any atom is -0.371 e. The van der Waals surface area contributed by atoms with Crippen LogP contribution in [0, 0.1) is 5.92 Å². The third-order valence-corrected chi connectivity index (χ3v) is 5.13. The highest BCUT2D eigenvalue weighted by molar-refractivity contribution is 5.93. The number of amides is 1. The van der Waals surface area contributed by atoms with Gasteiger partial charge in [0, 0.05) is 18.8 Å². The zero-order valence-electron chi connectivity index (χ0n) is 12.8. The number of rotatable bonds is 3. The summed E-state index contributed by atoms with van der Waals surface area (Å²) in [4.78, 5) is 14.8. The highest BCUT2D eigenvalue weighted by Crippen LogP contribution is 2.51. The van der Waals surface area contributed by atoms with Crippen molar-refractivity contribution in [3.63, 3.8) is 0 Å². The van der Waals surface area contributed by atoms with Gasteiger partial charge in [-0.3, -0.25) is 9.48 Å². The van der Waals surface area contributed by atoms with Crippen LogP contribution in [0.5, 0.6) is 0 Å². The standard InChI is InChI=1S/C16H23N3O2/c1-11(2)19-8-6-13(17-19)15(20)18-10-16(7-3-9-21-16)14(18)12-4-5-12/h6,8,11-12,14H,3-5,7,9-10H2,1-2H3/t14-,16+/m0/s1. The van der Waals surface area contributed by atoms with Gasteiger partial charge in [-0.25, -0.2) is 0 Å². The number of nitrogens with zero attached hydrogens (tertiary/aromatic N) is 3. The Morgan fingerprint density at radius 2 is 2.29 bits per heavy atom. The van der Waals surface area contributed by atoms with Gasteiger partial charge in [0.25, 0.3) is 5.91 Å². The van der Waals surface area contributed by atoms with Crippen molar-refractivity contribution in [3.8, 4) is 0 Å². The van der Waals surface area contributed by atoms with Gasteiger partial charge in [0.2, 0.25) is 0 Å². The first-order valence-corrected chi connectivity index (χ1v) is 8.11. The number of likely N-dealkylation sites (tertiary alicyclic amines) is 1. The second-order valence-corrected chi connectivity index (χ2v) is 7.01. The fourth-order valence-corrected chi connectivity index (χ4v) is 3.91. The monoisotopic (exact) mass is 289 g/mol. The normalized spacial score (nSPS) is 32.0. The lowest BCUT2D eigenvalue weighted by atomic mass is 9.78. The van der Waals surface area contributed by atoms with E-state index >= 15 is 0 Å². The summed E-state index contributed by atoms with van der Waals surface area (Å²) in [5, 5.41) is 4.43. The van der Waals surface area contributed by atoms with E-state index in [1.54, 1.807) is 0 Å². The van der Waals surface area contributed by atoms with Crippen molar-refractivity contribution in [1.82, 2.24) is 14.7 Å². The summed E-state index contributed by atoms with van der Waals surface area (Å²) in [6.07, 6.45) is 6.61. The average molecular weight is 289 g/mol. The van der Waals surface area contributed by atoms with Gasteiger partial charge >= 0.3 is 0 Å². The topological polar surface area (TPSA) is 47.4 Å². The summed E-state index contributed by atoms with van der Waals surface area (Å²) >= 11 is 0. The van der Waals surface area contributed by atoms with E-state index in [1.807, 2.05) is 21.8 Å². The molecule has 114 valence electrons. The van der Waals surface area contributed by atoms with Crippen LogP contribution >= 0.6 is 0 Å². The minimum atomic E-state index is -0.0303. The van der Waals surface area contributed by atoms with Crippen LogP contribution in [0.3, 0.4) is 0 Å². The van der Waals surface area contributed by atoms with E-state index in [1.165, 1.54) is 12.8 Å². The Morgan fingerprint density at radius 3 is 2.86 bits per heavy atom. The van der Waals surface area contributed by atoms with Crippen LogP contribution in [0.15, 0.2) is 12.3 Å². The lowest BCUT2D eigenvalue weighted by molar-refractivity contribution is -0.149. The van der Waals surface area contributed by atoms with E-state index in [0.717, 1.165) is 26.0 Å². The molecule has 5 heteroatoms. The zero-order chi connectivity index (χ0) is 14.6. The smallest absolute Gasteiger partial charge is 0.274 e. The first kappa shape index (κ1) is 13.3. The SMILES string of the molecule is CC(C)n1ccc(C(=O)N2C[C@]3(CCCO3)[C@@H]2C2CC2)n1. The van der Waals surface area contributed by atoms with Crippen LogP contribution < -0.4 is 0 Å². The minimum absolute atomic E-state index is 0.0303. The lowest BCUT2D eigenvalue weighted by Crippen LogP contribution is -2.71. The molecule has 0 N–H and O–H groups in total. The van der Waals surface area contributed by atoms with Crippen LogP contribution in [0.2, 0.25) is 0 Å². The van der Waals surface area contributed by atoms with Crippen LogP contribution in [-0.2, 0) is 4.74 Å². The van der Waals surface area contributed by atoms with E-state index < -0.39 is 0 Å². The summed E-state index contributed by atoms with van der Waals surface area (Å²) in [6.45, 7) is 5.74. The van der Waals surface area contributed by atoms with Crippen molar-refractivity contribution in [2.45, 2.75) is 57.2 Å². The van der Waals surface area contributed by atoms with E-state index in [-0.39, 0.29) is 23.6 Å². The summed E-state index contributed by atoms with van der Waals surface area (Å²) in [5.74, 6) is 0.723. The largest absolute Gasteiger partial charge is 0.371 e. The Kier molecular flexibility index (Phi) is 2.89. The first-order valence-electron chi connectivity index (χ1n) is 8.11. The lowest BCUT2D eigenvalue weighted by Gasteiger charge is -2.55. The quantitative estimate of drug-likeness (QED) is 0.857. The first-order chi connectivity index (χ1) is 10.1. The molecule has 2 aliphatic heterocycles. The molecule has 2 saturated heterocycles. The second kappa shape index (κ2) is 4.57. The number of ether oxygens (including phenoxy) is 1. The second-order valence-electron chi connectivity index (χ2n) is 7.01. The summed E-state index contributed by atoms with van der Waals surface area (Å²) in [5.41, 5.74) is 0.541. The number of carbonyl (C=O) groups is 1. The number of aromatic nitrogens is 2. The van der Waals surface area contributed by atoms with Crippen LogP contribution in [0.1, 0.15) is 56.1 Å². The molecule has 1 aliphatic carbocycles. The van der Waals surface area contributed by atoms with Gasteiger partial charge in [-0.05, 0) is 51.5 Å². The van der Waals surface area contributed by atoms with Gasteiger partial charge in [0.05, 0.1) is 12.6 Å². The van der Waals surface area contributed by atoms with E-state index in [0.29, 0.717) is 11.6 Å². The molecule has 4 rings (SSSR count). The maximum Gasteiger partial charge on any atom is 0.274 e. The summed E-state index contributed by atoms with van der Waals surface area (Å²) < 4.78 is 7.88. The van der Waals surface area contributed by atoms with E-state index in [9.17, 15) is 4.79 Å². The molecule has 5 nitrogen and oxygen atoms in total. The fourth-order valence-electron chi connectivity index (χ4n) is 3.91. The summed E-state index contributed by atoms with van der Waals surface area (Å²) in [7, 11) is 0. The fraction of sp³-hybridized carbons (Fsp3) is 0.750. The van der Waals surface area contributed by atoms with Gasteiger partial charge in [-0.1, -0.05) is 0 Å². The molecular formula is C16H23N3O2. The van der Waals surface area contributed by atoms with Crippen molar-refractivity contribution in [2.75, 3.05) is 13.2 Å². The molecule has 0 aromatic carbocycles. The molecule has 0 radical (unpaired) electrons. The third kappa shape index (κ3) is 2.01. The highest BCUT2D eigenvalue weighted by Gasteiger charge is 2.61. The molecule has 21 heavy (non-hydrogen) atoms. The number of hydrogen-bond acceptors (Lipinski definition) is 3. The summed E-state index contributed by atoms with van der Waals surface area (Å²) in [6, 6.07) is 2.41. The zero-order valence-corrected chi connectivity index (χ0v) is 12.8. The van der Waals surface area contributed by atoms with Gasteiger partial charge in [-0.15, -0.1) is 0 Å².